The van der Waals surface area contributed by atoms with Crippen LogP contribution in [0.3, 0.4) is 0 Å². The average Bonchev–Trinajstić information content (AvgIpc) is 1.80. The SMILES string of the molecule is CC(C)C(=O)[C@H](CNC1CCC(C)(C)CC1)c1ccc(Cl)cc1.CC(C)C(=O)[C@H](CNC1CCCC(C)(C)C1)c1ccc(Br)cc1.CC(C)C(=O)[C@H](CNC1CCCC(C)(C)C1)c1ccc(Cl)cc1.Cc1ccc([C@@H](CN(C)C(C)C)C(=O)C(C)C)c(F)c1. The van der Waals surface area contributed by atoms with Gasteiger partial charge in [-0.15, -0.1) is 0 Å². The van der Waals surface area contributed by atoms with Gasteiger partial charge in [0.2, 0.25) is 0 Å². The molecule has 0 aromatic heterocycles. The Morgan fingerprint density at radius 1 is 0.506 bits per heavy atom. The second kappa shape index (κ2) is 36.7. The molecular formula is C77H116BrCl2FN4O4. The van der Waals surface area contributed by atoms with Crippen molar-refractivity contribution in [2.75, 3.05) is 33.2 Å². The predicted molar refractivity (Wildman–Crippen MR) is 378 cm³/mol. The molecule has 0 bridgehead atoms. The van der Waals surface area contributed by atoms with Crippen molar-refractivity contribution in [3.8, 4) is 0 Å². The molecule has 0 heterocycles. The molecule has 4 aromatic carbocycles. The zero-order valence-electron chi connectivity index (χ0n) is 58.0. The third-order valence-electron chi connectivity index (χ3n) is 18.9. The van der Waals surface area contributed by atoms with E-state index in [2.05, 4.69) is 104 Å². The zero-order valence-corrected chi connectivity index (χ0v) is 61.1. The van der Waals surface area contributed by atoms with Crippen LogP contribution in [0.25, 0.3) is 0 Å². The van der Waals surface area contributed by atoms with Crippen LogP contribution < -0.4 is 16.0 Å². The molecule has 0 aliphatic heterocycles. The summed E-state index contributed by atoms with van der Waals surface area (Å²) in [5, 5.41) is 12.4. The van der Waals surface area contributed by atoms with Crippen LogP contribution in [0.1, 0.15) is 239 Å². The zero-order chi connectivity index (χ0) is 66.6. The van der Waals surface area contributed by atoms with E-state index in [4.69, 9.17) is 23.2 Å². The van der Waals surface area contributed by atoms with E-state index < -0.39 is 5.92 Å². The number of hydrogen-bond donors (Lipinski definition) is 3. The van der Waals surface area contributed by atoms with Gasteiger partial charge in [-0.2, -0.15) is 0 Å². The smallest absolute Gasteiger partial charge is 0.144 e. The van der Waals surface area contributed by atoms with Crippen LogP contribution in [0.2, 0.25) is 10.0 Å². The van der Waals surface area contributed by atoms with Gasteiger partial charge in [-0.1, -0.05) is 197 Å². The summed E-state index contributed by atoms with van der Waals surface area (Å²) in [6.45, 7) is 38.5. The Balaban J connectivity index is 0.000000254. The van der Waals surface area contributed by atoms with Gasteiger partial charge in [0.15, 0.2) is 0 Å². The fourth-order valence-corrected chi connectivity index (χ4v) is 13.3. The molecule has 0 spiro atoms. The van der Waals surface area contributed by atoms with Gasteiger partial charge in [0.05, 0.1) is 23.7 Å². The molecule has 8 nitrogen and oxygen atoms in total. The molecule has 3 saturated carbocycles. The fourth-order valence-electron chi connectivity index (χ4n) is 12.8. The van der Waals surface area contributed by atoms with E-state index in [1.807, 2.05) is 136 Å². The molecule has 0 saturated heterocycles. The van der Waals surface area contributed by atoms with E-state index in [0.29, 0.717) is 79.9 Å². The number of rotatable bonds is 24. The number of likely N-dealkylation sites (N-methyl/N-ethyl adjacent to an activating group) is 1. The van der Waals surface area contributed by atoms with E-state index in [1.54, 1.807) is 6.07 Å². The van der Waals surface area contributed by atoms with Crippen molar-refractivity contribution < 1.29 is 23.6 Å². The summed E-state index contributed by atoms with van der Waals surface area (Å²) in [5.41, 5.74) is 5.95. The number of Topliss-reactive ketones (excluding diaryl/α,β-unsaturated/α-hetero) is 4. The lowest BCUT2D eigenvalue weighted by atomic mass is 9.75. The Labute approximate surface area is 558 Å². The summed E-state index contributed by atoms with van der Waals surface area (Å²) in [6, 6.07) is 30.7. The lowest BCUT2D eigenvalue weighted by Gasteiger charge is -2.36. The molecule has 3 aliphatic rings. The number of hydrogen-bond acceptors (Lipinski definition) is 8. The quantitative estimate of drug-likeness (QED) is 0.0637. The summed E-state index contributed by atoms with van der Waals surface area (Å²) in [6.07, 6.45) is 14.9. The van der Waals surface area contributed by atoms with Crippen LogP contribution in [-0.4, -0.2) is 85.4 Å². The molecule has 6 atom stereocenters. The Hall–Kier alpha value is -3.61. The first-order valence-corrected chi connectivity index (χ1v) is 35.2. The highest BCUT2D eigenvalue weighted by atomic mass is 79.9. The number of nitrogens with one attached hydrogen (secondary N) is 3. The van der Waals surface area contributed by atoms with Crippen molar-refractivity contribution in [2.24, 2.45) is 39.9 Å². The van der Waals surface area contributed by atoms with Gasteiger partial charge in [0, 0.05) is 88.5 Å². The monoisotopic (exact) mass is 1330 g/mol. The maximum atomic E-state index is 14.2. The molecule has 7 rings (SSSR count). The molecular weight excluding hydrogens is 1210 g/mol. The standard InChI is InChI=1S/C20H30BrNO.2C20H30ClNO.C17H26FNO/c1-14(2)19(23)18(15-7-9-16(21)10-8-15)13-22-17-6-5-11-20(3,4)12-17;1-14(2)19(23)18(15-5-7-16(21)8-6-15)13-22-17-9-11-20(3,4)12-10-17;1-14(2)19(23)18(15-7-9-16(21)10-8-15)13-22-17-6-5-11-20(3,4)12-17;1-11(2)17(20)15(10-19(6)12(3)4)14-8-7-13(5)9-16(14)18/h7-10,14,17-18,22H,5-6,11-13H2,1-4H3;5-8,14,17-18,22H,9-13H2,1-4H3;7-10,14,17-18,22H,5-6,11-13H2,1-4H3;7-9,11-12,15H,10H2,1-6H3/t17?,18-;18-;17?,18-;15-/m1111/s1. The molecule has 89 heavy (non-hydrogen) atoms. The van der Waals surface area contributed by atoms with Crippen LogP contribution in [0.5, 0.6) is 0 Å². The van der Waals surface area contributed by atoms with Crippen LogP contribution in [-0.2, 0) is 19.2 Å². The van der Waals surface area contributed by atoms with Gasteiger partial charge < -0.3 is 20.9 Å². The van der Waals surface area contributed by atoms with Crippen molar-refractivity contribution in [3.63, 3.8) is 0 Å². The maximum Gasteiger partial charge on any atom is 0.144 e. The number of aryl methyl sites for hydroxylation is 1. The van der Waals surface area contributed by atoms with Gasteiger partial charge in [0.1, 0.15) is 29.0 Å². The molecule has 496 valence electrons. The highest BCUT2D eigenvalue weighted by Gasteiger charge is 2.34. The Bertz CT molecular complexity index is 2690. The minimum absolute atomic E-state index is 0.0419. The topological polar surface area (TPSA) is 108 Å². The highest BCUT2D eigenvalue weighted by Crippen LogP contribution is 2.38. The molecule has 3 aliphatic carbocycles. The number of halogens is 4. The minimum Gasteiger partial charge on any atom is -0.313 e. The lowest BCUT2D eigenvalue weighted by Crippen LogP contribution is -2.40. The van der Waals surface area contributed by atoms with Crippen LogP contribution in [0.15, 0.2) is 95.5 Å². The van der Waals surface area contributed by atoms with E-state index in [1.165, 1.54) is 83.1 Å². The van der Waals surface area contributed by atoms with Gasteiger partial charge in [-0.25, -0.2) is 4.39 Å². The fraction of sp³-hybridized carbons (Fsp3) is 0.636. The summed E-state index contributed by atoms with van der Waals surface area (Å²) < 4.78 is 15.3. The van der Waals surface area contributed by atoms with Crippen molar-refractivity contribution >= 4 is 62.3 Å². The highest BCUT2D eigenvalue weighted by molar-refractivity contribution is 9.10. The second-order valence-corrected chi connectivity index (χ2v) is 32.0. The Kier molecular flexibility index (Phi) is 32.1. The molecule has 0 radical (unpaired) electrons. The molecule has 3 fully saturated rings. The molecule has 2 unspecified atom stereocenters. The number of ketones is 4. The van der Waals surface area contributed by atoms with Gasteiger partial charge in [-0.3, -0.25) is 19.2 Å². The summed E-state index contributed by atoms with van der Waals surface area (Å²) in [4.78, 5) is 52.5. The first-order valence-electron chi connectivity index (χ1n) is 33.7. The van der Waals surface area contributed by atoms with Crippen molar-refractivity contribution in [2.45, 2.75) is 243 Å². The predicted octanol–water partition coefficient (Wildman–Crippen LogP) is 19.5. The van der Waals surface area contributed by atoms with Gasteiger partial charge in [-0.05, 0) is 179 Å². The molecule has 4 aromatic rings. The van der Waals surface area contributed by atoms with Crippen LogP contribution >= 0.6 is 39.1 Å². The Morgan fingerprint density at radius 2 is 0.854 bits per heavy atom. The van der Waals surface area contributed by atoms with Crippen molar-refractivity contribution in [1.82, 2.24) is 20.9 Å². The van der Waals surface area contributed by atoms with Crippen LogP contribution in [0.4, 0.5) is 4.39 Å². The van der Waals surface area contributed by atoms with Crippen LogP contribution in [0, 0.1) is 52.7 Å². The van der Waals surface area contributed by atoms with Crippen molar-refractivity contribution in [1.29, 1.82) is 0 Å². The lowest BCUT2D eigenvalue weighted by molar-refractivity contribution is -0.124. The van der Waals surface area contributed by atoms with Gasteiger partial charge >= 0.3 is 0 Å². The molecule has 0 amide bonds. The third kappa shape index (κ3) is 26.7. The van der Waals surface area contributed by atoms with Gasteiger partial charge in [0.25, 0.3) is 0 Å². The van der Waals surface area contributed by atoms with E-state index in [0.717, 1.165) is 46.4 Å². The average molecular weight is 1330 g/mol. The van der Waals surface area contributed by atoms with Crippen molar-refractivity contribution in [3.05, 3.63) is 139 Å². The molecule has 12 heteroatoms. The largest absolute Gasteiger partial charge is 0.313 e. The summed E-state index contributed by atoms with van der Waals surface area (Å²) >= 11 is 15.4. The molecule has 3 N–H and O–H groups in total. The number of nitrogens with zero attached hydrogens (tertiary/aromatic N) is 1. The number of benzene rings is 4. The first-order chi connectivity index (χ1) is 41.6. The third-order valence-corrected chi connectivity index (χ3v) is 20.0. The normalized spacial score (nSPS) is 19.5. The summed E-state index contributed by atoms with van der Waals surface area (Å²) in [5.74, 6) is 0.190. The number of carbonyl (C=O) groups is 4. The number of carbonyl (C=O) groups excluding carboxylic acids is 4. The van der Waals surface area contributed by atoms with E-state index >= 15 is 0 Å². The van der Waals surface area contributed by atoms with E-state index in [-0.39, 0.29) is 53.0 Å². The Morgan fingerprint density at radius 3 is 1.19 bits per heavy atom. The maximum absolute atomic E-state index is 14.2. The minimum atomic E-state index is -0.400. The second-order valence-electron chi connectivity index (χ2n) is 30.2. The summed E-state index contributed by atoms with van der Waals surface area (Å²) in [7, 11) is 1.97. The first kappa shape index (κ1) is 77.8. The van der Waals surface area contributed by atoms with E-state index in [9.17, 15) is 23.6 Å².